The molecule has 212 valence electrons. The molecule has 0 spiro atoms. The molecule has 5 heteroatoms. The fourth-order valence-electron chi connectivity index (χ4n) is 6.41. The predicted octanol–water partition coefficient (Wildman–Crippen LogP) is 8.12. The van der Waals surface area contributed by atoms with Crippen molar-refractivity contribution in [3.05, 3.63) is 112 Å². The van der Waals surface area contributed by atoms with Gasteiger partial charge in [-0.1, -0.05) is 74.7 Å². The number of fused-ring (bicyclic) bond motifs is 1. The van der Waals surface area contributed by atoms with E-state index in [4.69, 9.17) is 10.1 Å². The van der Waals surface area contributed by atoms with Crippen molar-refractivity contribution in [3.8, 4) is 0 Å². The summed E-state index contributed by atoms with van der Waals surface area (Å²) in [5.41, 5.74) is 7.86. The van der Waals surface area contributed by atoms with Gasteiger partial charge in [-0.2, -0.15) is 0 Å². The molecule has 5 rings (SSSR count). The number of aliphatic carboxylic acids is 1. The van der Waals surface area contributed by atoms with Gasteiger partial charge in [0.05, 0.1) is 11.9 Å². The van der Waals surface area contributed by atoms with Gasteiger partial charge in [0, 0.05) is 29.6 Å². The van der Waals surface area contributed by atoms with Crippen LogP contribution in [0.15, 0.2) is 79.0 Å². The second-order valence-electron chi connectivity index (χ2n) is 11.5. The summed E-state index contributed by atoms with van der Waals surface area (Å²) in [6.45, 7) is 4.43. The lowest BCUT2D eigenvalue weighted by atomic mass is 9.75. The molecule has 3 aromatic carbocycles. The number of carbonyl (C=O) groups is 2. The van der Waals surface area contributed by atoms with E-state index in [0.717, 1.165) is 23.7 Å². The first-order valence-electron chi connectivity index (χ1n) is 15.0. The molecule has 1 aliphatic rings. The van der Waals surface area contributed by atoms with Gasteiger partial charge in [-0.15, -0.1) is 0 Å². The predicted molar refractivity (Wildman–Crippen MR) is 165 cm³/mol. The fourth-order valence-corrected chi connectivity index (χ4v) is 6.41. The Labute approximate surface area is 243 Å². The number of hydrogen-bond acceptors (Lipinski definition) is 3. The second kappa shape index (κ2) is 13.1. The van der Waals surface area contributed by atoms with Crippen molar-refractivity contribution in [3.63, 3.8) is 0 Å². The van der Waals surface area contributed by atoms with Crippen LogP contribution < -0.4 is 5.32 Å². The number of rotatable bonds is 11. The van der Waals surface area contributed by atoms with Crippen LogP contribution in [0.2, 0.25) is 0 Å². The molecule has 0 saturated heterocycles. The Balaban J connectivity index is 1.50. The Bertz CT molecular complexity index is 1490. The number of aromatic nitrogens is 1. The standard InChI is InChI=1S/C36H40N2O3/c1-3-6-32(27-13-17-29(18-14-27)36(41)37-20-19-34(39)40)35(28-15-11-26(12-16-28)25-7-4-5-8-25)31-22-30-10-9-24(2)21-33(30)38-23-31/h9-18,21-23,25,32,35H,3-8,19-20H2,1-2H3,(H,37,41)(H,39,40)/t32-,35?/m1/s1. The Morgan fingerprint density at radius 1 is 0.927 bits per heavy atom. The molecule has 2 N–H and O–H groups in total. The number of nitrogens with one attached hydrogen (secondary N) is 1. The Hall–Kier alpha value is -3.99. The first-order valence-corrected chi connectivity index (χ1v) is 15.0. The summed E-state index contributed by atoms with van der Waals surface area (Å²) in [6.07, 6.45) is 9.18. The summed E-state index contributed by atoms with van der Waals surface area (Å²) < 4.78 is 0. The number of carboxylic acids is 1. The lowest BCUT2D eigenvalue weighted by Crippen LogP contribution is -2.26. The molecular formula is C36H40N2O3. The van der Waals surface area contributed by atoms with Gasteiger partial charge in [-0.3, -0.25) is 14.6 Å². The molecule has 0 radical (unpaired) electrons. The zero-order valence-electron chi connectivity index (χ0n) is 24.1. The number of carboxylic acid groups (broad SMARTS) is 1. The van der Waals surface area contributed by atoms with Crippen LogP contribution in [-0.2, 0) is 4.79 Å². The minimum atomic E-state index is -0.927. The van der Waals surface area contributed by atoms with Crippen molar-refractivity contribution >= 4 is 22.8 Å². The number of aryl methyl sites for hydroxylation is 1. The molecule has 0 bridgehead atoms. The summed E-state index contributed by atoms with van der Waals surface area (Å²) in [6, 6.07) is 25.9. The van der Waals surface area contributed by atoms with Crippen LogP contribution in [0.5, 0.6) is 0 Å². The van der Waals surface area contributed by atoms with Gasteiger partial charge < -0.3 is 10.4 Å². The summed E-state index contributed by atoms with van der Waals surface area (Å²) in [5.74, 6) is -0.192. The van der Waals surface area contributed by atoms with Gasteiger partial charge in [-0.05, 0) is 90.1 Å². The lowest BCUT2D eigenvalue weighted by molar-refractivity contribution is -0.136. The third kappa shape index (κ3) is 6.84. The molecule has 1 heterocycles. The van der Waals surface area contributed by atoms with Gasteiger partial charge in [0.2, 0.25) is 0 Å². The molecule has 1 unspecified atom stereocenters. The van der Waals surface area contributed by atoms with Crippen molar-refractivity contribution in [1.29, 1.82) is 0 Å². The van der Waals surface area contributed by atoms with Crippen LogP contribution in [-0.4, -0.2) is 28.5 Å². The normalized spacial score (nSPS) is 15.1. The van der Waals surface area contributed by atoms with E-state index in [2.05, 4.69) is 79.8 Å². The first kappa shape index (κ1) is 28.5. The van der Waals surface area contributed by atoms with Crippen LogP contribution in [0, 0.1) is 6.92 Å². The van der Waals surface area contributed by atoms with Crippen LogP contribution in [0.1, 0.15) is 108 Å². The van der Waals surface area contributed by atoms with E-state index in [-0.39, 0.29) is 30.7 Å². The molecule has 1 amide bonds. The van der Waals surface area contributed by atoms with E-state index in [9.17, 15) is 9.59 Å². The molecule has 41 heavy (non-hydrogen) atoms. The lowest BCUT2D eigenvalue weighted by Gasteiger charge is -2.29. The van der Waals surface area contributed by atoms with E-state index in [1.807, 2.05) is 18.3 Å². The number of hydrogen-bond donors (Lipinski definition) is 2. The van der Waals surface area contributed by atoms with Crippen molar-refractivity contribution in [2.24, 2.45) is 0 Å². The van der Waals surface area contributed by atoms with Crippen molar-refractivity contribution in [2.45, 2.75) is 76.5 Å². The minimum Gasteiger partial charge on any atom is -0.481 e. The molecule has 5 nitrogen and oxygen atoms in total. The number of carbonyl (C=O) groups excluding carboxylic acids is 1. The molecule has 1 fully saturated rings. The maximum Gasteiger partial charge on any atom is 0.305 e. The van der Waals surface area contributed by atoms with Gasteiger partial charge in [0.1, 0.15) is 0 Å². The smallest absolute Gasteiger partial charge is 0.305 e. The van der Waals surface area contributed by atoms with Gasteiger partial charge in [-0.25, -0.2) is 0 Å². The largest absolute Gasteiger partial charge is 0.481 e. The molecule has 0 aliphatic heterocycles. The monoisotopic (exact) mass is 548 g/mol. The van der Waals surface area contributed by atoms with E-state index in [1.165, 1.54) is 53.5 Å². The summed E-state index contributed by atoms with van der Waals surface area (Å²) in [5, 5.41) is 12.7. The zero-order valence-corrected chi connectivity index (χ0v) is 24.1. The van der Waals surface area contributed by atoms with Crippen molar-refractivity contribution in [1.82, 2.24) is 10.3 Å². The topological polar surface area (TPSA) is 79.3 Å². The molecule has 4 aromatic rings. The number of nitrogens with zero attached hydrogens (tertiary/aromatic N) is 1. The van der Waals surface area contributed by atoms with Crippen LogP contribution >= 0.6 is 0 Å². The molecular weight excluding hydrogens is 508 g/mol. The van der Waals surface area contributed by atoms with Crippen LogP contribution in [0.25, 0.3) is 10.9 Å². The average molecular weight is 549 g/mol. The minimum absolute atomic E-state index is 0.0943. The summed E-state index contributed by atoms with van der Waals surface area (Å²) in [4.78, 5) is 28.3. The number of pyridine rings is 1. The van der Waals surface area contributed by atoms with Gasteiger partial charge >= 0.3 is 5.97 Å². The molecule has 1 aliphatic carbocycles. The third-order valence-corrected chi connectivity index (χ3v) is 8.57. The Morgan fingerprint density at radius 2 is 1.63 bits per heavy atom. The highest BCUT2D eigenvalue weighted by Crippen LogP contribution is 2.43. The fraction of sp³-hybridized carbons (Fsp3) is 0.361. The van der Waals surface area contributed by atoms with Crippen LogP contribution in [0.3, 0.4) is 0 Å². The van der Waals surface area contributed by atoms with Crippen molar-refractivity contribution in [2.75, 3.05) is 6.54 Å². The van der Waals surface area contributed by atoms with Crippen LogP contribution in [0.4, 0.5) is 0 Å². The number of amides is 1. The molecule has 2 atom stereocenters. The van der Waals surface area contributed by atoms with E-state index >= 15 is 0 Å². The highest BCUT2D eigenvalue weighted by Gasteiger charge is 2.27. The second-order valence-corrected chi connectivity index (χ2v) is 11.5. The summed E-state index contributed by atoms with van der Waals surface area (Å²) >= 11 is 0. The first-order chi connectivity index (χ1) is 19.9. The average Bonchev–Trinajstić information content (AvgIpc) is 3.52. The maximum absolute atomic E-state index is 12.6. The molecule has 1 aromatic heterocycles. The molecule has 1 saturated carbocycles. The third-order valence-electron chi connectivity index (χ3n) is 8.57. The SMILES string of the molecule is CCC[C@H](c1ccc(C(=O)NCCC(=O)O)cc1)C(c1ccc(C2CCCC2)cc1)c1cnc2cc(C)ccc2c1. The Morgan fingerprint density at radius 3 is 2.32 bits per heavy atom. The van der Waals surface area contributed by atoms with Gasteiger partial charge in [0.25, 0.3) is 5.91 Å². The van der Waals surface area contributed by atoms with E-state index in [1.54, 1.807) is 0 Å². The summed E-state index contributed by atoms with van der Waals surface area (Å²) in [7, 11) is 0. The van der Waals surface area contributed by atoms with E-state index in [0.29, 0.717) is 11.5 Å². The van der Waals surface area contributed by atoms with E-state index < -0.39 is 5.97 Å². The van der Waals surface area contributed by atoms with Crippen molar-refractivity contribution < 1.29 is 14.7 Å². The number of benzene rings is 3. The highest BCUT2D eigenvalue weighted by molar-refractivity contribution is 5.94. The maximum atomic E-state index is 12.6. The highest BCUT2D eigenvalue weighted by atomic mass is 16.4. The zero-order chi connectivity index (χ0) is 28.8. The quantitative estimate of drug-likeness (QED) is 0.198. The van der Waals surface area contributed by atoms with Gasteiger partial charge in [0.15, 0.2) is 0 Å². The Kier molecular flexibility index (Phi) is 9.13.